The molecule has 0 bridgehead atoms. The average molecular weight is 370 g/mol. The number of hydrogen-bond acceptors (Lipinski definition) is 5. The Morgan fingerprint density at radius 3 is 2.79 bits per heavy atom. The zero-order valence-corrected chi connectivity index (χ0v) is 15.2. The lowest BCUT2D eigenvalue weighted by atomic mass is 10.2. The lowest BCUT2D eigenvalue weighted by molar-refractivity contribution is 0.0767. The molecule has 1 aliphatic heterocycles. The van der Waals surface area contributed by atoms with E-state index >= 15 is 0 Å². The highest BCUT2D eigenvalue weighted by Gasteiger charge is 2.29. The van der Waals surface area contributed by atoms with Gasteiger partial charge in [0.1, 0.15) is 23.1 Å². The van der Waals surface area contributed by atoms with Crippen molar-refractivity contribution in [3.63, 3.8) is 0 Å². The van der Waals surface area contributed by atoms with Crippen molar-refractivity contribution >= 4 is 27.8 Å². The number of aromatic nitrogens is 3. The quantitative estimate of drug-likeness (QED) is 0.552. The fourth-order valence-electron chi connectivity index (χ4n) is 3.58. The molecule has 2 aromatic heterocycles. The molecule has 1 unspecified atom stereocenters. The highest BCUT2D eigenvalue weighted by molar-refractivity contribution is 5.94. The van der Waals surface area contributed by atoms with E-state index in [4.69, 9.17) is 4.74 Å². The van der Waals surface area contributed by atoms with Gasteiger partial charge in [0.15, 0.2) is 0 Å². The summed E-state index contributed by atoms with van der Waals surface area (Å²) in [6.45, 7) is 1.16. The zero-order valence-electron chi connectivity index (χ0n) is 15.2. The van der Waals surface area contributed by atoms with Crippen molar-refractivity contribution in [1.82, 2.24) is 19.9 Å². The second kappa shape index (κ2) is 6.88. The number of carbonyl (C=O) groups is 1. The summed E-state index contributed by atoms with van der Waals surface area (Å²) >= 11 is 0. The molecule has 4 aromatic rings. The molecular formula is C22H18N4O2. The van der Waals surface area contributed by atoms with Crippen molar-refractivity contribution in [2.45, 2.75) is 12.5 Å². The van der Waals surface area contributed by atoms with Crippen LogP contribution in [0.3, 0.4) is 0 Å². The van der Waals surface area contributed by atoms with Gasteiger partial charge in [-0.15, -0.1) is 0 Å². The van der Waals surface area contributed by atoms with E-state index in [9.17, 15) is 4.79 Å². The molecule has 1 saturated heterocycles. The predicted molar refractivity (Wildman–Crippen MR) is 106 cm³/mol. The van der Waals surface area contributed by atoms with Crippen molar-refractivity contribution in [3.05, 3.63) is 72.7 Å². The van der Waals surface area contributed by atoms with Gasteiger partial charge >= 0.3 is 0 Å². The smallest absolute Gasteiger partial charge is 0.274 e. The van der Waals surface area contributed by atoms with Gasteiger partial charge in [-0.3, -0.25) is 14.8 Å². The van der Waals surface area contributed by atoms with Crippen LogP contribution in [0.1, 0.15) is 16.9 Å². The van der Waals surface area contributed by atoms with Gasteiger partial charge in [0, 0.05) is 24.5 Å². The van der Waals surface area contributed by atoms with Crippen molar-refractivity contribution in [2.24, 2.45) is 0 Å². The first kappa shape index (κ1) is 16.6. The summed E-state index contributed by atoms with van der Waals surface area (Å²) in [7, 11) is 0. The Kier molecular flexibility index (Phi) is 4.09. The number of likely N-dealkylation sites (tertiary alicyclic amines) is 1. The SMILES string of the molecule is O=C(c1cnc2ccccc2n1)N1CCC(Oc2cccc3cccnc23)C1. The van der Waals surface area contributed by atoms with Crippen molar-refractivity contribution in [1.29, 1.82) is 0 Å². The highest BCUT2D eigenvalue weighted by Crippen LogP contribution is 2.26. The Labute approximate surface area is 161 Å². The summed E-state index contributed by atoms with van der Waals surface area (Å²) in [5.74, 6) is 0.642. The minimum absolute atomic E-state index is 0.0648. The monoisotopic (exact) mass is 370 g/mol. The fourth-order valence-corrected chi connectivity index (χ4v) is 3.58. The molecule has 6 nitrogen and oxygen atoms in total. The van der Waals surface area contributed by atoms with E-state index in [0.29, 0.717) is 18.8 Å². The first-order chi connectivity index (χ1) is 13.8. The molecule has 3 heterocycles. The third-order valence-electron chi connectivity index (χ3n) is 4.99. The number of ether oxygens (including phenoxy) is 1. The topological polar surface area (TPSA) is 68.2 Å². The van der Waals surface area contributed by atoms with E-state index in [-0.39, 0.29) is 12.0 Å². The number of nitrogens with zero attached hydrogens (tertiary/aromatic N) is 4. The molecule has 1 atom stereocenters. The molecule has 1 fully saturated rings. The second-order valence-electron chi connectivity index (χ2n) is 6.85. The lowest BCUT2D eigenvalue weighted by Crippen LogP contribution is -2.31. The minimum atomic E-state index is -0.111. The van der Waals surface area contributed by atoms with Crippen LogP contribution in [0.2, 0.25) is 0 Å². The molecule has 0 saturated carbocycles. The predicted octanol–water partition coefficient (Wildman–Crippen LogP) is 3.47. The van der Waals surface area contributed by atoms with Crippen LogP contribution in [0, 0.1) is 0 Å². The molecule has 0 aliphatic carbocycles. The van der Waals surface area contributed by atoms with Gasteiger partial charge in [0.25, 0.3) is 5.91 Å². The van der Waals surface area contributed by atoms with Crippen LogP contribution in [0.15, 0.2) is 67.0 Å². The molecule has 0 N–H and O–H groups in total. The van der Waals surface area contributed by atoms with Crippen LogP contribution < -0.4 is 4.74 Å². The molecule has 1 amide bonds. The fraction of sp³-hybridized carbons (Fsp3) is 0.182. The van der Waals surface area contributed by atoms with E-state index in [1.54, 1.807) is 17.3 Å². The summed E-state index contributed by atoms with van der Waals surface area (Å²) in [4.78, 5) is 27.9. The zero-order chi connectivity index (χ0) is 18.9. The average Bonchev–Trinajstić information content (AvgIpc) is 3.22. The maximum atomic E-state index is 12.9. The van der Waals surface area contributed by atoms with E-state index in [2.05, 4.69) is 15.0 Å². The molecule has 1 aliphatic rings. The standard InChI is InChI=1S/C22H18N4O2/c27-22(19-13-24-17-7-1-2-8-18(17)25-19)26-12-10-16(14-26)28-20-9-3-5-15-6-4-11-23-21(15)20/h1-9,11,13,16H,10,12,14H2. The van der Waals surface area contributed by atoms with Crippen LogP contribution in [-0.2, 0) is 0 Å². The van der Waals surface area contributed by atoms with Gasteiger partial charge < -0.3 is 9.64 Å². The van der Waals surface area contributed by atoms with Crippen LogP contribution in [0.25, 0.3) is 21.9 Å². The summed E-state index contributed by atoms with van der Waals surface area (Å²) in [5.41, 5.74) is 2.72. The first-order valence-electron chi connectivity index (χ1n) is 9.29. The lowest BCUT2D eigenvalue weighted by Gasteiger charge is -2.17. The van der Waals surface area contributed by atoms with E-state index in [1.807, 2.05) is 54.6 Å². The van der Waals surface area contributed by atoms with E-state index in [0.717, 1.165) is 34.1 Å². The number of fused-ring (bicyclic) bond motifs is 2. The van der Waals surface area contributed by atoms with Gasteiger partial charge in [-0.2, -0.15) is 0 Å². The number of benzene rings is 2. The van der Waals surface area contributed by atoms with Gasteiger partial charge in [0.2, 0.25) is 0 Å². The molecule has 5 rings (SSSR count). The Morgan fingerprint density at radius 1 is 1.00 bits per heavy atom. The summed E-state index contributed by atoms with van der Waals surface area (Å²) < 4.78 is 6.18. The maximum Gasteiger partial charge on any atom is 0.274 e. The van der Waals surface area contributed by atoms with Crippen molar-refractivity contribution < 1.29 is 9.53 Å². The van der Waals surface area contributed by atoms with Gasteiger partial charge in [-0.05, 0) is 24.3 Å². The minimum Gasteiger partial charge on any atom is -0.486 e. The number of pyridine rings is 1. The first-order valence-corrected chi connectivity index (χ1v) is 9.29. The second-order valence-corrected chi connectivity index (χ2v) is 6.85. The summed E-state index contributed by atoms with van der Waals surface area (Å²) in [5, 5.41) is 1.04. The van der Waals surface area contributed by atoms with Crippen LogP contribution in [-0.4, -0.2) is 45.0 Å². The van der Waals surface area contributed by atoms with Gasteiger partial charge in [0.05, 0.1) is 23.8 Å². The van der Waals surface area contributed by atoms with Crippen molar-refractivity contribution in [2.75, 3.05) is 13.1 Å². The Balaban J connectivity index is 1.33. The summed E-state index contributed by atoms with van der Waals surface area (Å²) in [6, 6.07) is 17.4. The summed E-state index contributed by atoms with van der Waals surface area (Å²) in [6.07, 6.45) is 4.02. The largest absolute Gasteiger partial charge is 0.486 e. The van der Waals surface area contributed by atoms with Gasteiger partial charge in [-0.1, -0.05) is 30.3 Å². The van der Waals surface area contributed by atoms with Crippen molar-refractivity contribution in [3.8, 4) is 5.75 Å². The van der Waals surface area contributed by atoms with E-state index < -0.39 is 0 Å². The molecule has 2 aromatic carbocycles. The molecule has 28 heavy (non-hydrogen) atoms. The Morgan fingerprint density at radius 2 is 1.86 bits per heavy atom. The normalized spacial score (nSPS) is 16.6. The van der Waals surface area contributed by atoms with Crippen LogP contribution in [0.5, 0.6) is 5.75 Å². The number of rotatable bonds is 3. The van der Waals surface area contributed by atoms with E-state index in [1.165, 1.54) is 0 Å². The third kappa shape index (κ3) is 3.03. The molecule has 6 heteroatoms. The molecule has 138 valence electrons. The number of hydrogen-bond donors (Lipinski definition) is 0. The maximum absolute atomic E-state index is 12.9. The molecular weight excluding hydrogens is 352 g/mol. The number of para-hydroxylation sites is 3. The molecule has 0 spiro atoms. The van der Waals surface area contributed by atoms with Gasteiger partial charge in [-0.25, -0.2) is 4.98 Å². The Hall–Kier alpha value is -3.54. The van der Waals surface area contributed by atoms with Crippen LogP contribution >= 0.6 is 0 Å². The third-order valence-corrected chi connectivity index (χ3v) is 4.99. The van der Waals surface area contributed by atoms with Crippen LogP contribution in [0.4, 0.5) is 0 Å². The highest BCUT2D eigenvalue weighted by atomic mass is 16.5. The molecule has 0 radical (unpaired) electrons. The Bertz CT molecular complexity index is 1170. The number of amides is 1. The number of carbonyl (C=O) groups excluding carboxylic acids is 1.